The monoisotopic (exact) mass is 317 g/mol. The van der Waals surface area contributed by atoms with Crippen molar-refractivity contribution in [3.05, 3.63) is 35.4 Å². The summed E-state index contributed by atoms with van der Waals surface area (Å²) >= 11 is 0. The maximum absolute atomic E-state index is 12.7. The molecule has 1 aliphatic rings. The third-order valence-corrected chi connectivity index (χ3v) is 3.27. The molecule has 2 N–H and O–H groups in total. The van der Waals surface area contributed by atoms with Gasteiger partial charge in [0.1, 0.15) is 0 Å². The summed E-state index contributed by atoms with van der Waals surface area (Å²) in [6.45, 7) is 1.83. The smallest absolute Gasteiger partial charge is 0.263 e. The first kappa shape index (κ1) is 18.5. The number of methoxy groups -OCH3 is 1. The SMILES string of the molecule is CO.COC(C)C1CC(O)OC(c2cccc(C(F)F)c2)=N1. The highest BCUT2D eigenvalue weighted by molar-refractivity contribution is 5.94. The van der Waals surface area contributed by atoms with Crippen LogP contribution in [0, 0.1) is 0 Å². The second-order valence-corrected chi connectivity index (χ2v) is 4.68. The fraction of sp³-hybridized carbons (Fsp3) is 0.533. The summed E-state index contributed by atoms with van der Waals surface area (Å²) in [5.74, 6) is 0.167. The van der Waals surface area contributed by atoms with E-state index in [0.29, 0.717) is 12.0 Å². The Morgan fingerprint density at radius 3 is 2.64 bits per heavy atom. The average molecular weight is 317 g/mol. The van der Waals surface area contributed by atoms with E-state index in [4.69, 9.17) is 14.6 Å². The van der Waals surface area contributed by atoms with E-state index in [-0.39, 0.29) is 23.6 Å². The zero-order valence-corrected chi connectivity index (χ0v) is 12.7. The molecule has 0 bridgehead atoms. The van der Waals surface area contributed by atoms with Crippen LogP contribution in [-0.4, -0.2) is 48.8 Å². The molecule has 1 aromatic carbocycles. The fourth-order valence-corrected chi connectivity index (χ4v) is 2.02. The van der Waals surface area contributed by atoms with Crippen molar-refractivity contribution in [3.63, 3.8) is 0 Å². The van der Waals surface area contributed by atoms with E-state index in [9.17, 15) is 13.9 Å². The molecular weight excluding hydrogens is 296 g/mol. The fourth-order valence-electron chi connectivity index (χ4n) is 2.02. The molecule has 22 heavy (non-hydrogen) atoms. The molecule has 7 heteroatoms. The van der Waals surface area contributed by atoms with Crippen molar-refractivity contribution in [2.24, 2.45) is 4.99 Å². The predicted molar refractivity (Wildman–Crippen MR) is 78.0 cm³/mol. The zero-order chi connectivity index (χ0) is 16.7. The number of ether oxygens (including phenoxy) is 2. The average Bonchev–Trinajstić information content (AvgIpc) is 2.55. The highest BCUT2D eigenvalue weighted by atomic mass is 19.3. The molecule has 124 valence electrons. The number of aliphatic imine (C=N–C) groups is 1. The highest BCUT2D eigenvalue weighted by Crippen LogP contribution is 2.23. The summed E-state index contributed by atoms with van der Waals surface area (Å²) in [6.07, 6.45) is -3.45. The molecule has 0 radical (unpaired) electrons. The lowest BCUT2D eigenvalue weighted by Gasteiger charge is -2.28. The number of aliphatic hydroxyl groups is 2. The number of aliphatic hydroxyl groups excluding tert-OH is 2. The summed E-state index contributed by atoms with van der Waals surface area (Å²) in [5.41, 5.74) is 0.319. The van der Waals surface area contributed by atoms with Gasteiger partial charge in [-0.2, -0.15) is 0 Å². The molecule has 0 fully saturated rings. The standard InChI is InChI=1S/C14H17F2NO3.CH4O/c1-8(19-2)11-7-12(18)20-14(17-11)10-5-3-4-9(6-10)13(15)16;1-2/h3-6,8,11-13,18H,7H2,1-2H3;2H,1H3. The van der Waals surface area contributed by atoms with Crippen molar-refractivity contribution in [2.75, 3.05) is 14.2 Å². The minimum Gasteiger partial charge on any atom is -0.448 e. The molecule has 3 unspecified atom stereocenters. The molecule has 1 heterocycles. The van der Waals surface area contributed by atoms with Gasteiger partial charge < -0.3 is 19.7 Å². The largest absolute Gasteiger partial charge is 0.448 e. The normalized spacial score (nSPS) is 22.3. The molecule has 1 aliphatic heterocycles. The number of hydrogen-bond donors (Lipinski definition) is 2. The van der Waals surface area contributed by atoms with Crippen LogP contribution in [0.3, 0.4) is 0 Å². The van der Waals surface area contributed by atoms with Crippen LogP contribution < -0.4 is 0 Å². The Morgan fingerprint density at radius 2 is 2.05 bits per heavy atom. The van der Waals surface area contributed by atoms with Gasteiger partial charge in [0.15, 0.2) is 0 Å². The zero-order valence-electron chi connectivity index (χ0n) is 12.7. The van der Waals surface area contributed by atoms with E-state index in [1.54, 1.807) is 13.2 Å². The van der Waals surface area contributed by atoms with Crippen LogP contribution in [0.2, 0.25) is 0 Å². The third kappa shape index (κ3) is 4.72. The lowest BCUT2D eigenvalue weighted by molar-refractivity contribution is -0.0595. The van der Waals surface area contributed by atoms with E-state index in [1.165, 1.54) is 18.2 Å². The number of rotatable bonds is 4. The van der Waals surface area contributed by atoms with Crippen LogP contribution >= 0.6 is 0 Å². The third-order valence-electron chi connectivity index (χ3n) is 3.27. The van der Waals surface area contributed by atoms with Gasteiger partial charge in [-0.05, 0) is 19.1 Å². The van der Waals surface area contributed by atoms with Gasteiger partial charge in [-0.25, -0.2) is 13.8 Å². The van der Waals surface area contributed by atoms with E-state index >= 15 is 0 Å². The van der Waals surface area contributed by atoms with Gasteiger partial charge in [0.25, 0.3) is 6.43 Å². The topological polar surface area (TPSA) is 71.3 Å². The summed E-state index contributed by atoms with van der Waals surface area (Å²) in [4.78, 5) is 4.34. The molecule has 2 rings (SSSR count). The van der Waals surface area contributed by atoms with Crippen LogP contribution in [-0.2, 0) is 9.47 Å². The second-order valence-electron chi connectivity index (χ2n) is 4.68. The van der Waals surface area contributed by atoms with Crippen molar-refractivity contribution in [1.29, 1.82) is 0 Å². The molecule has 0 spiro atoms. The van der Waals surface area contributed by atoms with Gasteiger partial charge >= 0.3 is 0 Å². The Hall–Kier alpha value is -1.57. The van der Waals surface area contributed by atoms with Gasteiger partial charge in [0.2, 0.25) is 12.2 Å². The van der Waals surface area contributed by atoms with Gasteiger partial charge in [-0.3, -0.25) is 0 Å². The van der Waals surface area contributed by atoms with Crippen LogP contribution in [0.5, 0.6) is 0 Å². The van der Waals surface area contributed by atoms with Gasteiger partial charge in [-0.1, -0.05) is 12.1 Å². The molecular formula is C15H21F2NO4. The van der Waals surface area contributed by atoms with Crippen LogP contribution in [0.15, 0.2) is 29.3 Å². The number of halogens is 2. The van der Waals surface area contributed by atoms with Gasteiger partial charge in [0, 0.05) is 31.8 Å². The Kier molecular flexibility index (Phi) is 7.37. The van der Waals surface area contributed by atoms with Crippen molar-refractivity contribution in [3.8, 4) is 0 Å². The van der Waals surface area contributed by atoms with Crippen molar-refractivity contribution in [2.45, 2.75) is 38.2 Å². The van der Waals surface area contributed by atoms with E-state index in [2.05, 4.69) is 4.99 Å². The number of alkyl halides is 2. The summed E-state index contributed by atoms with van der Waals surface area (Å²) in [6, 6.07) is 5.52. The van der Waals surface area contributed by atoms with Crippen molar-refractivity contribution >= 4 is 5.90 Å². The van der Waals surface area contributed by atoms with E-state index < -0.39 is 12.7 Å². The Balaban J connectivity index is 0.00000116. The molecule has 0 amide bonds. The Bertz CT molecular complexity index is 496. The minimum atomic E-state index is -2.56. The van der Waals surface area contributed by atoms with Gasteiger partial charge in [-0.15, -0.1) is 0 Å². The molecule has 0 aromatic heterocycles. The lowest BCUT2D eigenvalue weighted by atomic mass is 10.1. The second kappa shape index (κ2) is 8.77. The van der Waals surface area contributed by atoms with Crippen LogP contribution in [0.4, 0.5) is 8.78 Å². The molecule has 5 nitrogen and oxygen atoms in total. The molecule has 3 atom stereocenters. The molecule has 0 aliphatic carbocycles. The summed E-state index contributed by atoms with van der Waals surface area (Å²) < 4.78 is 35.8. The van der Waals surface area contributed by atoms with Gasteiger partial charge in [0.05, 0.1) is 12.1 Å². The Morgan fingerprint density at radius 1 is 1.36 bits per heavy atom. The maximum atomic E-state index is 12.7. The molecule has 1 aromatic rings. The van der Waals surface area contributed by atoms with Crippen molar-refractivity contribution in [1.82, 2.24) is 0 Å². The van der Waals surface area contributed by atoms with E-state index in [1.807, 2.05) is 6.92 Å². The summed E-state index contributed by atoms with van der Waals surface area (Å²) in [5, 5.41) is 16.7. The lowest BCUT2D eigenvalue weighted by Crippen LogP contribution is -2.36. The molecule has 0 saturated heterocycles. The maximum Gasteiger partial charge on any atom is 0.263 e. The quantitative estimate of drug-likeness (QED) is 0.892. The Labute approximate surface area is 128 Å². The highest BCUT2D eigenvalue weighted by Gasteiger charge is 2.28. The minimum absolute atomic E-state index is 0.106. The number of nitrogens with zero attached hydrogens (tertiary/aromatic N) is 1. The van der Waals surface area contributed by atoms with E-state index in [0.717, 1.165) is 7.11 Å². The van der Waals surface area contributed by atoms with Crippen LogP contribution in [0.25, 0.3) is 0 Å². The molecule has 0 saturated carbocycles. The predicted octanol–water partition coefficient (Wildman–Crippen LogP) is 2.12. The first-order valence-electron chi connectivity index (χ1n) is 6.79. The first-order chi connectivity index (χ1) is 10.5. The van der Waals surface area contributed by atoms with Crippen LogP contribution in [0.1, 0.15) is 30.9 Å². The summed E-state index contributed by atoms with van der Waals surface area (Å²) in [7, 11) is 2.55. The van der Waals surface area contributed by atoms with Crippen molar-refractivity contribution < 1.29 is 28.5 Å². The first-order valence-corrected chi connectivity index (χ1v) is 6.79. The number of benzene rings is 1. The number of hydrogen-bond acceptors (Lipinski definition) is 5.